The largest absolute Gasteiger partial charge is 0.388 e. The van der Waals surface area contributed by atoms with Crippen molar-refractivity contribution in [3.05, 3.63) is 0 Å². The van der Waals surface area contributed by atoms with Gasteiger partial charge < -0.3 is 35.4 Å². The molecule has 1 amide bonds. The van der Waals surface area contributed by atoms with Gasteiger partial charge in [0.1, 0.15) is 35.9 Å². The molecule has 1 aliphatic carbocycles. The van der Waals surface area contributed by atoms with Crippen molar-refractivity contribution in [1.82, 2.24) is 10.6 Å². The van der Waals surface area contributed by atoms with Crippen LogP contribution in [0.2, 0.25) is 0 Å². The summed E-state index contributed by atoms with van der Waals surface area (Å²) in [6, 6.07) is -1.22. The van der Waals surface area contributed by atoms with Crippen molar-refractivity contribution in [2.75, 3.05) is 19.4 Å². The molecule has 0 spiro atoms. The Morgan fingerprint density at radius 3 is 2.59 bits per heavy atom. The first-order chi connectivity index (χ1) is 13.8. The zero-order valence-corrected chi connectivity index (χ0v) is 18.2. The van der Waals surface area contributed by atoms with Crippen LogP contribution in [0.3, 0.4) is 0 Å². The number of rotatable bonds is 5. The molecule has 3 saturated heterocycles. The standard InChI is InChI=1S/C19H31ClN2O6S/c1-7(20)11(17-14(24)13(23)15(25)19(28-17)29-2)22-18(26)12-16-9(5-21-12)3-8-4-10(8)6-27-16/h7-17,19,21,23-25H,3-6H2,1-2H3,(H,22,26)/t7-,8-,9+,10-,11+,12-,13+,14?,15+,16+,17+,19?/m0/s1. The first kappa shape index (κ1) is 22.1. The first-order valence-corrected chi connectivity index (χ1v) is 12.1. The number of ether oxygens (including phenoxy) is 2. The van der Waals surface area contributed by atoms with E-state index in [2.05, 4.69) is 10.6 Å². The van der Waals surface area contributed by atoms with E-state index in [1.54, 1.807) is 13.2 Å². The van der Waals surface area contributed by atoms with Crippen molar-refractivity contribution in [2.45, 2.75) is 73.2 Å². The minimum absolute atomic E-state index is 0.169. The average Bonchev–Trinajstić information content (AvgIpc) is 3.35. The predicted molar refractivity (Wildman–Crippen MR) is 109 cm³/mol. The monoisotopic (exact) mass is 450 g/mol. The molecule has 3 aliphatic heterocycles. The number of amides is 1. The van der Waals surface area contributed by atoms with Gasteiger partial charge in [0.05, 0.1) is 24.1 Å². The molecule has 2 unspecified atom stereocenters. The summed E-state index contributed by atoms with van der Waals surface area (Å²) < 4.78 is 11.9. The molecule has 0 aromatic heterocycles. The molecule has 4 rings (SSSR count). The highest BCUT2D eigenvalue weighted by atomic mass is 35.5. The van der Waals surface area contributed by atoms with Crippen LogP contribution in [0, 0.1) is 17.8 Å². The van der Waals surface area contributed by atoms with Gasteiger partial charge in [0, 0.05) is 6.54 Å². The molecule has 0 bridgehead atoms. The average molecular weight is 451 g/mol. The fraction of sp³-hybridized carbons (Fsp3) is 0.947. The summed E-state index contributed by atoms with van der Waals surface area (Å²) in [5, 5.41) is 36.4. The summed E-state index contributed by atoms with van der Waals surface area (Å²) in [7, 11) is 0. The maximum absolute atomic E-state index is 13.1. The van der Waals surface area contributed by atoms with Gasteiger partial charge in [-0.3, -0.25) is 4.79 Å². The summed E-state index contributed by atoms with van der Waals surface area (Å²) in [6.07, 6.45) is -1.03. The van der Waals surface area contributed by atoms with E-state index in [0.29, 0.717) is 18.4 Å². The van der Waals surface area contributed by atoms with Crippen LogP contribution in [0.15, 0.2) is 0 Å². The number of alkyl halides is 1. The van der Waals surface area contributed by atoms with Crippen molar-refractivity contribution >= 4 is 29.3 Å². The Morgan fingerprint density at radius 1 is 1.17 bits per heavy atom. The second-order valence-corrected chi connectivity index (χ2v) is 10.4. The molecule has 4 fully saturated rings. The molecule has 5 N–H and O–H groups in total. The smallest absolute Gasteiger partial charge is 0.240 e. The molecule has 1 saturated carbocycles. The molecule has 4 aliphatic rings. The molecular weight excluding hydrogens is 420 g/mol. The van der Waals surface area contributed by atoms with E-state index >= 15 is 0 Å². The minimum atomic E-state index is -1.38. The lowest BCUT2D eigenvalue weighted by atomic mass is 9.92. The van der Waals surface area contributed by atoms with Gasteiger partial charge in [-0.1, -0.05) is 0 Å². The number of fused-ring (bicyclic) bond motifs is 2. The van der Waals surface area contributed by atoms with Crippen LogP contribution >= 0.6 is 23.4 Å². The zero-order valence-electron chi connectivity index (χ0n) is 16.6. The molecule has 12 atom stereocenters. The number of carbonyl (C=O) groups is 1. The molecule has 0 aromatic rings. The van der Waals surface area contributed by atoms with Gasteiger partial charge in [0.25, 0.3) is 0 Å². The Kier molecular flexibility index (Phi) is 6.69. The second-order valence-electron chi connectivity index (χ2n) is 8.82. The molecule has 3 heterocycles. The Bertz CT molecular complexity index is 613. The number of aliphatic hydroxyl groups excluding tert-OH is 3. The van der Waals surface area contributed by atoms with Crippen molar-refractivity contribution in [3.63, 3.8) is 0 Å². The van der Waals surface area contributed by atoms with Crippen LogP contribution < -0.4 is 10.6 Å². The Labute approximate surface area is 180 Å². The quantitative estimate of drug-likeness (QED) is 0.348. The summed E-state index contributed by atoms with van der Waals surface area (Å²) in [6.45, 7) is 3.15. The predicted octanol–water partition coefficient (Wildman–Crippen LogP) is -0.718. The third-order valence-corrected chi connectivity index (χ3v) is 7.98. The Hall–Kier alpha value is -0.130. The summed E-state index contributed by atoms with van der Waals surface area (Å²) in [5.74, 6) is 1.45. The van der Waals surface area contributed by atoms with Gasteiger partial charge in [-0.05, 0) is 43.8 Å². The van der Waals surface area contributed by atoms with E-state index in [1.807, 2.05) is 0 Å². The van der Waals surface area contributed by atoms with Gasteiger partial charge in [-0.25, -0.2) is 0 Å². The van der Waals surface area contributed by atoms with Gasteiger partial charge in [0.2, 0.25) is 5.91 Å². The lowest BCUT2D eigenvalue weighted by Gasteiger charge is -2.44. The molecule has 0 aromatic carbocycles. The van der Waals surface area contributed by atoms with Crippen LogP contribution in [0.1, 0.15) is 19.8 Å². The SMILES string of the molecule is CSC1O[C@H]([C@H](NC(=O)[C@H]2NC[C@H]3C[C@H]4C[C@H]4CO[C@H]32)[C@H](C)Cl)C(O)[C@@H](O)[C@H]1O. The number of halogens is 1. The minimum Gasteiger partial charge on any atom is -0.388 e. The molecular formula is C19H31ClN2O6S. The van der Waals surface area contributed by atoms with Crippen LogP contribution in [-0.2, 0) is 14.3 Å². The van der Waals surface area contributed by atoms with E-state index in [9.17, 15) is 20.1 Å². The fourth-order valence-corrected chi connectivity index (χ4v) is 5.86. The number of hydrogen-bond donors (Lipinski definition) is 5. The molecule has 166 valence electrons. The van der Waals surface area contributed by atoms with Crippen molar-refractivity contribution in [2.24, 2.45) is 17.8 Å². The molecule has 0 radical (unpaired) electrons. The van der Waals surface area contributed by atoms with Crippen molar-refractivity contribution in [1.29, 1.82) is 0 Å². The number of aliphatic hydroxyl groups is 3. The van der Waals surface area contributed by atoms with E-state index in [1.165, 1.54) is 18.2 Å². The molecule has 29 heavy (non-hydrogen) atoms. The molecule has 10 heteroatoms. The topological polar surface area (TPSA) is 120 Å². The van der Waals surface area contributed by atoms with E-state index in [-0.39, 0.29) is 12.0 Å². The van der Waals surface area contributed by atoms with Crippen LogP contribution in [-0.4, -0.2) is 94.1 Å². The highest BCUT2D eigenvalue weighted by Gasteiger charge is 2.51. The number of thioether (sulfide) groups is 1. The van der Waals surface area contributed by atoms with Gasteiger partial charge >= 0.3 is 0 Å². The van der Waals surface area contributed by atoms with Gasteiger partial charge in [0.15, 0.2) is 0 Å². The number of hydrogen-bond acceptors (Lipinski definition) is 8. The third kappa shape index (κ3) is 4.30. The van der Waals surface area contributed by atoms with E-state index < -0.39 is 47.3 Å². The maximum Gasteiger partial charge on any atom is 0.240 e. The zero-order chi connectivity index (χ0) is 20.9. The highest BCUT2D eigenvalue weighted by Crippen LogP contribution is 2.48. The number of carbonyl (C=O) groups excluding carboxylic acids is 1. The maximum atomic E-state index is 13.1. The van der Waals surface area contributed by atoms with Crippen LogP contribution in [0.4, 0.5) is 0 Å². The third-order valence-electron chi connectivity index (χ3n) is 6.85. The lowest BCUT2D eigenvalue weighted by Crippen LogP contribution is -2.65. The summed E-state index contributed by atoms with van der Waals surface area (Å²) >= 11 is 7.57. The first-order valence-electron chi connectivity index (χ1n) is 10.3. The van der Waals surface area contributed by atoms with Crippen LogP contribution in [0.25, 0.3) is 0 Å². The Balaban J connectivity index is 1.44. The van der Waals surface area contributed by atoms with Crippen LogP contribution in [0.5, 0.6) is 0 Å². The van der Waals surface area contributed by atoms with Gasteiger partial charge in [-0.2, -0.15) is 0 Å². The fourth-order valence-electron chi connectivity index (χ4n) is 4.98. The second kappa shape index (κ2) is 8.78. The van der Waals surface area contributed by atoms with Crippen molar-refractivity contribution < 1.29 is 29.6 Å². The summed E-state index contributed by atoms with van der Waals surface area (Å²) in [5.41, 5.74) is -0.723. The normalized spacial score (nSPS) is 48.8. The number of nitrogens with one attached hydrogen (secondary N) is 2. The van der Waals surface area contributed by atoms with Crippen molar-refractivity contribution in [3.8, 4) is 0 Å². The Morgan fingerprint density at radius 2 is 1.90 bits per heavy atom. The van der Waals surface area contributed by atoms with Gasteiger partial charge in [-0.15, -0.1) is 23.4 Å². The van der Waals surface area contributed by atoms with E-state index in [0.717, 1.165) is 18.9 Å². The summed E-state index contributed by atoms with van der Waals surface area (Å²) in [4.78, 5) is 13.1. The lowest BCUT2D eigenvalue weighted by molar-refractivity contribution is -0.205. The van der Waals surface area contributed by atoms with E-state index in [4.69, 9.17) is 21.1 Å². The molecule has 8 nitrogen and oxygen atoms in total. The highest BCUT2D eigenvalue weighted by molar-refractivity contribution is 7.99.